The second kappa shape index (κ2) is 4.62. The van der Waals surface area contributed by atoms with E-state index in [1.807, 2.05) is 6.92 Å². The highest BCUT2D eigenvalue weighted by molar-refractivity contribution is 7.99. The van der Waals surface area contributed by atoms with Crippen molar-refractivity contribution in [2.24, 2.45) is 0 Å². The van der Waals surface area contributed by atoms with Crippen LogP contribution in [0.1, 0.15) is 5.69 Å². The minimum atomic E-state index is 0.704. The third-order valence-electron chi connectivity index (χ3n) is 1.22. The summed E-state index contributed by atoms with van der Waals surface area (Å²) < 4.78 is 5.14. The van der Waals surface area contributed by atoms with E-state index in [9.17, 15) is 0 Å². The van der Waals surface area contributed by atoms with Gasteiger partial charge in [-0.15, -0.1) is 0 Å². The molecule has 1 aromatic rings. The Balaban J connectivity index is 2.38. The van der Waals surface area contributed by atoms with Crippen LogP contribution in [0, 0.1) is 6.92 Å². The molecule has 0 unspecified atom stereocenters. The second-order valence-corrected chi connectivity index (χ2v) is 3.69. The number of aromatic nitrogens is 1. The molecule has 0 aliphatic carbocycles. The Hall–Kier alpha value is -0.350. The highest BCUT2D eigenvalue weighted by atomic mass is 32.2. The zero-order valence-corrected chi connectivity index (χ0v) is 8.62. The number of hydrogen-bond acceptors (Lipinski definition) is 4. The number of thioether (sulfide) groups is 1. The van der Waals surface area contributed by atoms with Crippen molar-refractivity contribution in [2.75, 3.05) is 11.5 Å². The van der Waals surface area contributed by atoms with Crippen LogP contribution in [0.3, 0.4) is 0 Å². The van der Waals surface area contributed by atoms with Crippen molar-refractivity contribution in [3.05, 3.63) is 24.1 Å². The zero-order valence-electron chi connectivity index (χ0n) is 6.91. The minimum absolute atomic E-state index is 0.704. The largest absolute Gasteiger partial charge is 0.440 e. The predicted octanol–water partition coefficient (Wildman–Crippen LogP) is 2.56. The summed E-state index contributed by atoms with van der Waals surface area (Å²) in [6.07, 6.45) is 1.64. The van der Waals surface area contributed by atoms with Gasteiger partial charge in [0.05, 0.1) is 5.69 Å². The molecule has 0 amide bonds. The molecular weight excluding hydrogens is 190 g/mol. The first kappa shape index (κ1) is 9.74. The monoisotopic (exact) mass is 201 g/mol. The van der Waals surface area contributed by atoms with Crippen LogP contribution in [0.5, 0.6) is 0 Å². The van der Waals surface area contributed by atoms with E-state index in [1.54, 1.807) is 18.0 Å². The number of hydrogen-bond donors (Lipinski definition) is 1. The third kappa shape index (κ3) is 2.95. The van der Waals surface area contributed by atoms with Crippen LogP contribution in [0.25, 0.3) is 0 Å². The molecule has 0 atom stereocenters. The van der Waals surface area contributed by atoms with Crippen LogP contribution in [0.4, 0.5) is 0 Å². The SMILES string of the molecule is C=C(CS)CSc1nc(C)co1. The fourth-order valence-electron chi connectivity index (χ4n) is 0.608. The summed E-state index contributed by atoms with van der Waals surface area (Å²) in [7, 11) is 0. The predicted molar refractivity (Wildman–Crippen MR) is 55.0 cm³/mol. The average Bonchev–Trinajstić information content (AvgIpc) is 2.47. The standard InChI is InChI=1S/C8H11NOS2/c1-6(4-11)5-12-8-9-7(2)3-10-8/h3,11H,1,4-5H2,2H3. The Morgan fingerprint density at radius 3 is 3.08 bits per heavy atom. The molecular formula is C8H11NOS2. The van der Waals surface area contributed by atoms with E-state index < -0.39 is 0 Å². The molecule has 0 saturated heterocycles. The van der Waals surface area contributed by atoms with Crippen LogP contribution >= 0.6 is 24.4 Å². The summed E-state index contributed by atoms with van der Waals surface area (Å²) in [5, 5.41) is 0.704. The van der Waals surface area contributed by atoms with Crippen molar-refractivity contribution in [3.8, 4) is 0 Å². The van der Waals surface area contributed by atoms with Gasteiger partial charge in [0.1, 0.15) is 6.26 Å². The maximum atomic E-state index is 5.14. The molecule has 0 radical (unpaired) electrons. The van der Waals surface area contributed by atoms with Crippen molar-refractivity contribution >= 4 is 24.4 Å². The highest BCUT2D eigenvalue weighted by Crippen LogP contribution is 2.19. The molecule has 2 nitrogen and oxygen atoms in total. The Kier molecular flexibility index (Phi) is 3.75. The van der Waals surface area contributed by atoms with Gasteiger partial charge in [0.25, 0.3) is 5.22 Å². The van der Waals surface area contributed by atoms with Crippen LogP contribution in [-0.2, 0) is 0 Å². The van der Waals surface area contributed by atoms with Gasteiger partial charge in [0, 0.05) is 11.5 Å². The molecule has 66 valence electrons. The van der Waals surface area contributed by atoms with Crippen LogP contribution < -0.4 is 0 Å². The maximum absolute atomic E-state index is 5.14. The first-order valence-corrected chi connectivity index (χ1v) is 5.16. The van der Waals surface area contributed by atoms with E-state index >= 15 is 0 Å². The quantitative estimate of drug-likeness (QED) is 0.460. The fraction of sp³-hybridized carbons (Fsp3) is 0.375. The van der Waals surface area contributed by atoms with Crippen molar-refractivity contribution in [3.63, 3.8) is 0 Å². The van der Waals surface area contributed by atoms with Crippen molar-refractivity contribution in [2.45, 2.75) is 12.1 Å². The van der Waals surface area contributed by atoms with E-state index in [0.29, 0.717) is 11.0 Å². The van der Waals surface area contributed by atoms with E-state index in [1.165, 1.54) is 0 Å². The number of thiol groups is 1. The Morgan fingerprint density at radius 2 is 2.58 bits per heavy atom. The fourth-order valence-corrected chi connectivity index (χ4v) is 1.63. The lowest BCUT2D eigenvalue weighted by Gasteiger charge is -1.96. The number of oxazole rings is 1. The molecule has 0 bridgehead atoms. The van der Waals surface area contributed by atoms with Gasteiger partial charge in [0.2, 0.25) is 0 Å². The molecule has 4 heteroatoms. The molecule has 12 heavy (non-hydrogen) atoms. The molecule has 0 aliphatic rings. The van der Waals surface area contributed by atoms with Gasteiger partial charge >= 0.3 is 0 Å². The smallest absolute Gasteiger partial charge is 0.256 e. The summed E-state index contributed by atoms with van der Waals surface area (Å²) in [5.41, 5.74) is 1.99. The first-order valence-electron chi connectivity index (χ1n) is 3.55. The molecule has 0 N–H and O–H groups in total. The van der Waals surface area contributed by atoms with Gasteiger partial charge in [-0.05, 0) is 6.92 Å². The summed E-state index contributed by atoms with van der Waals surface area (Å²) in [4.78, 5) is 4.15. The molecule has 0 aliphatic heterocycles. The molecule has 0 saturated carbocycles. The molecule has 0 spiro atoms. The number of nitrogens with zero attached hydrogens (tertiary/aromatic N) is 1. The second-order valence-electron chi connectivity index (χ2n) is 2.45. The van der Waals surface area contributed by atoms with Crippen molar-refractivity contribution in [1.29, 1.82) is 0 Å². The van der Waals surface area contributed by atoms with Gasteiger partial charge in [-0.25, -0.2) is 4.98 Å². The van der Waals surface area contributed by atoms with E-state index in [4.69, 9.17) is 4.42 Å². The topological polar surface area (TPSA) is 26.0 Å². The van der Waals surface area contributed by atoms with Crippen LogP contribution in [-0.4, -0.2) is 16.5 Å². The highest BCUT2D eigenvalue weighted by Gasteiger charge is 2.01. The normalized spacial score (nSPS) is 10.2. The lowest BCUT2D eigenvalue weighted by atomic mass is 10.4. The van der Waals surface area contributed by atoms with Gasteiger partial charge in [-0.3, -0.25) is 0 Å². The van der Waals surface area contributed by atoms with E-state index in [2.05, 4.69) is 24.2 Å². The average molecular weight is 201 g/mol. The minimum Gasteiger partial charge on any atom is -0.440 e. The van der Waals surface area contributed by atoms with Gasteiger partial charge in [-0.2, -0.15) is 12.6 Å². The molecule has 1 rings (SSSR count). The van der Waals surface area contributed by atoms with Crippen molar-refractivity contribution < 1.29 is 4.42 Å². The third-order valence-corrected chi connectivity index (χ3v) is 2.66. The summed E-state index contributed by atoms with van der Waals surface area (Å²) in [6.45, 7) is 5.73. The van der Waals surface area contributed by atoms with E-state index in [-0.39, 0.29) is 0 Å². The molecule has 1 heterocycles. The molecule has 1 aromatic heterocycles. The van der Waals surface area contributed by atoms with Crippen LogP contribution in [0.2, 0.25) is 0 Å². The number of aryl methyl sites for hydroxylation is 1. The summed E-state index contributed by atoms with van der Waals surface area (Å²) in [6, 6.07) is 0. The Bertz CT molecular complexity index is 270. The number of rotatable bonds is 4. The van der Waals surface area contributed by atoms with Crippen LogP contribution in [0.15, 0.2) is 28.1 Å². The zero-order chi connectivity index (χ0) is 8.97. The summed E-state index contributed by atoms with van der Waals surface area (Å²) >= 11 is 5.65. The summed E-state index contributed by atoms with van der Waals surface area (Å²) in [5.74, 6) is 1.54. The molecule has 0 aromatic carbocycles. The van der Waals surface area contributed by atoms with Gasteiger partial charge < -0.3 is 4.42 Å². The van der Waals surface area contributed by atoms with E-state index in [0.717, 1.165) is 17.0 Å². The first-order chi connectivity index (χ1) is 5.72. The maximum Gasteiger partial charge on any atom is 0.256 e. The van der Waals surface area contributed by atoms with Gasteiger partial charge in [0.15, 0.2) is 0 Å². The lowest BCUT2D eigenvalue weighted by molar-refractivity contribution is 0.454. The lowest BCUT2D eigenvalue weighted by Crippen LogP contribution is -1.86. The Morgan fingerprint density at radius 1 is 1.83 bits per heavy atom. The Labute approximate surface area is 81.9 Å². The van der Waals surface area contributed by atoms with Gasteiger partial charge in [-0.1, -0.05) is 23.9 Å². The van der Waals surface area contributed by atoms with Crippen molar-refractivity contribution in [1.82, 2.24) is 4.98 Å². The molecule has 0 fully saturated rings.